The van der Waals surface area contributed by atoms with Crippen molar-refractivity contribution in [3.05, 3.63) is 60.8 Å². The molecule has 0 unspecified atom stereocenters. The van der Waals surface area contributed by atoms with Crippen molar-refractivity contribution in [3.8, 4) is 0 Å². The van der Waals surface area contributed by atoms with Crippen LogP contribution in [0.1, 0.15) is 58.3 Å². The van der Waals surface area contributed by atoms with Crippen molar-refractivity contribution in [2.24, 2.45) is 0 Å². The van der Waals surface area contributed by atoms with Crippen molar-refractivity contribution in [3.63, 3.8) is 0 Å². The summed E-state index contributed by atoms with van der Waals surface area (Å²) in [6, 6.07) is 0. The summed E-state index contributed by atoms with van der Waals surface area (Å²) in [5.74, 6) is -0.734. The topological polar surface area (TPSA) is 77.8 Å². The second-order valence-corrected chi connectivity index (χ2v) is 6.07. The zero-order valence-electron chi connectivity index (χ0n) is 15.8. The molecule has 0 spiro atoms. The van der Waals surface area contributed by atoms with E-state index in [1.165, 1.54) is 0 Å². The van der Waals surface area contributed by atoms with E-state index in [2.05, 4.69) is 19.1 Å². The van der Waals surface area contributed by atoms with E-state index in [1.54, 1.807) is 12.2 Å². The fraction of sp³-hybridized carbons (Fsp3) is 0.500. The van der Waals surface area contributed by atoms with E-state index in [4.69, 9.17) is 5.11 Å². The molecule has 0 aromatic heterocycles. The minimum Gasteiger partial charge on any atom is -0.481 e. The van der Waals surface area contributed by atoms with Gasteiger partial charge in [-0.15, -0.1) is 0 Å². The van der Waals surface area contributed by atoms with E-state index in [9.17, 15) is 15.0 Å². The Labute approximate surface area is 157 Å². The van der Waals surface area contributed by atoms with Gasteiger partial charge >= 0.3 is 5.97 Å². The molecule has 0 amide bonds. The lowest BCUT2D eigenvalue weighted by Gasteiger charge is -2.11. The molecule has 0 aliphatic carbocycles. The van der Waals surface area contributed by atoms with Gasteiger partial charge in [0.2, 0.25) is 0 Å². The number of allylic oxidation sites excluding steroid dienone is 8. The minimum atomic E-state index is -0.881. The van der Waals surface area contributed by atoms with E-state index in [1.807, 2.05) is 36.5 Å². The predicted octanol–water partition coefficient (Wildman–Crippen LogP) is 4.71. The molecule has 0 saturated carbocycles. The van der Waals surface area contributed by atoms with Crippen molar-refractivity contribution in [2.75, 3.05) is 0 Å². The molecule has 26 heavy (non-hydrogen) atoms. The van der Waals surface area contributed by atoms with Gasteiger partial charge in [0.15, 0.2) is 0 Å². The summed E-state index contributed by atoms with van der Waals surface area (Å²) >= 11 is 0. The van der Waals surface area contributed by atoms with Gasteiger partial charge in [0, 0.05) is 6.42 Å². The monoisotopic (exact) mass is 362 g/mol. The van der Waals surface area contributed by atoms with Gasteiger partial charge in [0.25, 0.3) is 0 Å². The van der Waals surface area contributed by atoms with Gasteiger partial charge in [-0.3, -0.25) is 4.79 Å². The Bertz CT molecular complexity index is 486. The van der Waals surface area contributed by atoms with Crippen LogP contribution in [-0.4, -0.2) is 33.5 Å². The van der Waals surface area contributed by atoms with E-state index in [0.29, 0.717) is 6.42 Å². The van der Waals surface area contributed by atoms with Gasteiger partial charge in [-0.05, 0) is 38.5 Å². The van der Waals surface area contributed by atoms with Crippen molar-refractivity contribution < 1.29 is 20.1 Å². The van der Waals surface area contributed by atoms with Crippen LogP contribution in [0.5, 0.6) is 0 Å². The average Bonchev–Trinajstić information content (AvgIpc) is 2.61. The van der Waals surface area contributed by atoms with E-state index in [0.717, 1.165) is 38.5 Å². The average molecular weight is 363 g/mol. The van der Waals surface area contributed by atoms with Crippen LogP contribution < -0.4 is 0 Å². The highest BCUT2D eigenvalue weighted by molar-refractivity contribution is 5.66. The summed E-state index contributed by atoms with van der Waals surface area (Å²) in [5, 5.41) is 28.2. The molecule has 0 fully saturated rings. The third kappa shape index (κ3) is 16.9. The van der Waals surface area contributed by atoms with Gasteiger partial charge in [-0.1, -0.05) is 74.1 Å². The van der Waals surface area contributed by atoms with Crippen molar-refractivity contribution >= 4 is 5.97 Å². The summed E-state index contributed by atoms with van der Waals surface area (Å²) in [4.78, 5) is 10.4. The van der Waals surface area contributed by atoms with Crippen LogP contribution in [0.15, 0.2) is 60.8 Å². The smallest absolute Gasteiger partial charge is 0.303 e. The first-order valence-electron chi connectivity index (χ1n) is 9.45. The Kier molecular flexibility index (Phi) is 16.6. The molecule has 0 saturated heterocycles. The number of rotatable bonds is 15. The fourth-order valence-corrected chi connectivity index (χ4v) is 2.14. The maximum Gasteiger partial charge on any atom is 0.303 e. The van der Waals surface area contributed by atoms with Gasteiger partial charge in [-0.2, -0.15) is 0 Å². The maximum atomic E-state index is 10.4. The number of unbranched alkanes of at least 4 members (excludes halogenated alkanes) is 3. The number of carboxylic acid groups (broad SMARTS) is 1. The Balaban J connectivity index is 3.83. The van der Waals surface area contributed by atoms with Crippen LogP contribution >= 0.6 is 0 Å². The molecule has 2 atom stereocenters. The quantitative estimate of drug-likeness (QED) is 0.224. The maximum absolute atomic E-state index is 10.4. The Hall–Kier alpha value is -1.91. The van der Waals surface area contributed by atoms with E-state index in [-0.39, 0.29) is 6.42 Å². The highest BCUT2D eigenvalue weighted by Gasteiger charge is 2.10. The molecule has 0 aromatic carbocycles. The van der Waals surface area contributed by atoms with Crippen molar-refractivity contribution in [1.29, 1.82) is 0 Å². The van der Waals surface area contributed by atoms with E-state index >= 15 is 0 Å². The van der Waals surface area contributed by atoms with Crippen molar-refractivity contribution in [1.82, 2.24) is 0 Å². The Morgan fingerprint density at radius 1 is 0.885 bits per heavy atom. The minimum absolute atomic E-state index is 0.244. The largest absolute Gasteiger partial charge is 0.481 e. The third-order valence-corrected chi connectivity index (χ3v) is 3.65. The van der Waals surface area contributed by atoms with Gasteiger partial charge in [-0.25, -0.2) is 0 Å². The number of aliphatic hydroxyl groups excluding tert-OH is 2. The Morgan fingerprint density at radius 3 is 2.35 bits per heavy atom. The molecule has 0 bridgehead atoms. The molecular formula is C22H34O4. The predicted molar refractivity (Wildman–Crippen MR) is 108 cm³/mol. The molecule has 0 heterocycles. The fourth-order valence-electron chi connectivity index (χ4n) is 2.14. The Morgan fingerprint density at radius 2 is 1.62 bits per heavy atom. The normalized spacial score (nSPS) is 15.2. The molecule has 4 nitrogen and oxygen atoms in total. The standard InChI is InChI=1S/C22H34O4/c1-2-3-4-5-11-14-17-20(23)21(24)18-15-12-9-7-6-8-10-13-16-19-22(25)26/h3-4,6-7,9,11-12,14-15,18,20-21,23-24H,2,5,8,10,13,16-17,19H2,1H3,(H,25,26)/b4-3-,7-6-,12-9+,14-11-,18-15+/t20-,21+/m0/s1. The van der Waals surface area contributed by atoms with Crippen LogP contribution in [0.4, 0.5) is 0 Å². The number of carboxylic acids is 1. The highest BCUT2D eigenvalue weighted by Crippen LogP contribution is 2.04. The lowest BCUT2D eigenvalue weighted by Crippen LogP contribution is -2.22. The lowest BCUT2D eigenvalue weighted by molar-refractivity contribution is -0.137. The van der Waals surface area contributed by atoms with E-state index < -0.39 is 18.2 Å². The zero-order valence-corrected chi connectivity index (χ0v) is 15.8. The molecule has 0 aliphatic rings. The molecule has 3 N–H and O–H groups in total. The summed E-state index contributed by atoms with van der Waals surface area (Å²) in [6.07, 6.45) is 23.4. The van der Waals surface area contributed by atoms with Crippen LogP contribution in [0, 0.1) is 0 Å². The molecule has 0 aromatic rings. The first-order valence-corrected chi connectivity index (χ1v) is 9.45. The summed E-state index contributed by atoms with van der Waals surface area (Å²) in [6.45, 7) is 2.09. The van der Waals surface area contributed by atoms with Gasteiger partial charge in [0.1, 0.15) is 0 Å². The molecule has 0 aliphatic heterocycles. The summed E-state index contributed by atoms with van der Waals surface area (Å²) in [5.41, 5.74) is 0. The second-order valence-electron chi connectivity index (χ2n) is 6.07. The first kappa shape index (κ1) is 24.1. The van der Waals surface area contributed by atoms with Crippen LogP contribution in [-0.2, 0) is 4.79 Å². The van der Waals surface area contributed by atoms with Crippen LogP contribution in [0.3, 0.4) is 0 Å². The van der Waals surface area contributed by atoms with Crippen LogP contribution in [0.25, 0.3) is 0 Å². The van der Waals surface area contributed by atoms with Crippen molar-refractivity contribution in [2.45, 2.75) is 70.5 Å². The third-order valence-electron chi connectivity index (χ3n) is 3.65. The van der Waals surface area contributed by atoms with Crippen LogP contribution in [0.2, 0.25) is 0 Å². The van der Waals surface area contributed by atoms with Gasteiger partial charge in [0.05, 0.1) is 12.2 Å². The number of aliphatic carboxylic acids is 1. The lowest BCUT2D eigenvalue weighted by atomic mass is 10.1. The molecular weight excluding hydrogens is 328 g/mol. The number of hydrogen-bond donors (Lipinski definition) is 3. The molecule has 0 rings (SSSR count). The summed E-state index contributed by atoms with van der Waals surface area (Å²) < 4.78 is 0. The first-order chi connectivity index (χ1) is 12.6. The number of carbonyl (C=O) groups is 1. The SMILES string of the molecule is CC/C=C\C/C=C\C[C@H](O)[C@H](O)/C=C/C=C/C=C\CCCCCC(=O)O. The molecule has 0 radical (unpaired) electrons. The molecule has 4 heteroatoms. The number of aliphatic hydroxyl groups is 2. The molecule has 146 valence electrons. The summed E-state index contributed by atoms with van der Waals surface area (Å²) in [7, 11) is 0. The van der Waals surface area contributed by atoms with Gasteiger partial charge < -0.3 is 15.3 Å². The zero-order chi connectivity index (χ0) is 19.5. The second kappa shape index (κ2) is 17.9. The number of hydrogen-bond acceptors (Lipinski definition) is 3. The highest BCUT2D eigenvalue weighted by atomic mass is 16.4.